The Balaban J connectivity index is -0.000000468. The molecule has 0 fully saturated rings. The number of aliphatic hydroxyl groups excluding tert-OH is 1. The van der Waals surface area contributed by atoms with Gasteiger partial charge in [-0.05, 0) is 49.9 Å². The van der Waals surface area contributed by atoms with Crippen molar-refractivity contribution in [2.45, 2.75) is 73.8 Å². The highest BCUT2D eigenvalue weighted by atomic mass is 33.5. The molecule has 0 saturated carbocycles. The second kappa shape index (κ2) is 79.7. The summed E-state index contributed by atoms with van der Waals surface area (Å²) in [5.41, 5.74) is 5.70. The van der Waals surface area contributed by atoms with Gasteiger partial charge in [-0.15, -0.1) is 0 Å². The van der Waals surface area contributed by atoms with Crippen LogP contribution in [-0.2, 0) is 428 Å². The molecule has 2 heterocycles. The van der Waals surface area contributed by atoms with Crippen LogP contribution in [-0.4, -0.2) is 39.7 Å². The van der Waals surface area contributed by atoms with Crippen LogP contribution in [0.15, 0.2) is 78.2 Å². The summed E-state index contributed by atoms with van der Waals surface area (Å²) >= 11 is 27.9. The Morgan fingerprint density at radius 3 is 0.881 bits per heavy atom. The number of benzene rings is 2. The molecule has 0 spiro atoms. The topological polar surface area (TPSA) is 115 Å². The van der Waals surface area contributed by atoms with Gasteiger partial charge in [-0.2, -0.15) is 0 Å². The number of rotatable bonds is 5. The molecule has 0 atom stereocenters. The van der Waals surface area contributed by atoms with E-state index < -0.39 is 9.84 Å². The van der Waals surface area contributed by atoms with Crippen molar-refractivity contribution in [1.82, 2.24) is 19.9 Å². The lowest BCUT2D eigenvalue weighted by molar-refractivity contribution is 0.280. The van der Waals surface area contributed by atoms with E-state index in [1.807, 2.05) is 109 Å². The fraction of sp³-hybridized carbons (Fsp3) is 0.355. The number of hydrogen-bond acceptors (Lipinski definition) is 14. The van der Waals surface area contributed by atoms with Crippen molar-refractivity contribution in [3.8, 4) is 6.01 Å². The lowest BCUT2D eigenvalue weighted by Gasteiger charge is -2.05. The molecule has 0 saturated heterocycles. The molecule has 0 radical (unpaired) electrons. The SMILES string of the molecule is CC.CC.Cc1cnc(OCc2ccccc2)nc1C.Cc1cnc(S(C)(=O)=O)nc1C.OCc1ccccc1.S=S=S=S=S.S=S=S=S=S=S=S=S=S=S=S=S=S=S=S=S=S=S=S.S=S=S=S=S=S=S=S=S=S=S=S=S=S=S=S=S=S=S=S. The summed E-state index contributed by atoms with van der Waals surface area (Å²) in [6.07, 6.45) is 4.39. The zero-order valence-corrected chi connectivity index (χ0v) is 79.9. The predicted octanol–water partition coefficient (Wildman–Crippen LogP) is 6.30. The Kier molecular flexibility index (Phi) is 91.4. The Morgan fingerprint density at radius 2 is 0.655 bits per heavy atom. The van der Waals surface area contributed by atoms with Crippen molar-refractivity contribution in [3.63, 3.8) is 0 Å². The van der Waals surface area contributed by atoms with Crippen molar-refractivity contribution >= 4 is 414 Å². The summed E-state index contributed by atoms with van der Waals surface area (Å²) in [5, 5.41) is 8.43. The largest absolute Gasteiger partial charge is 0.459 e. The van der Waals surface area contributed by atoms with E-state index in [4.69, 9.17) is 54.6 Å². The number of aliphatic hydroxyl groups is 1. The highest BCUT2D eigenvalue weighted by Gasteiger charge is 2.11. The van der Waals surface area contributed by atoms with Crippen LogP contribution in [0.1, 0.15) is 61.3 Å². The molecule has 0 aliphatic rings. The summed E-state index contributed by atoms with van der Waals surface area (Å²) < 4.78 is 27.4. The number of sulfone groups is 1. The summed E-state index contributed by atoms with van der Waals surface area (Å²) in [5.74, 6) is 0. The van der Waals surface area contributed by atoms with E-state index in [2.05, 4.69) is 42.3 Å². The second-order valence-corrected chi connectivity index (χ2v) is 79.8. The summed E-state index contributed by atoms with van der Waals surface area (Å²) in [6, 6.07) is 19.9. The van der Waals surface area contributed by atoms with E-state index >= 15 is 0 Å². The van der Waals surface area contributed by atoms with Gasteiger partial charge in [-0.25, -0.2) is 28.4 Å². The maximum atomic E-state index is 11.0. The first-order chi connectivity index (χ1) is 40.8. The molecule has 0 amide bonds. The Bertz CT molecular complexity index is 4410. The van der Waals surface area contributed by atoms with Crippen molar-refractivity contribution in [1.29, 1.82) is 0 Å². The van der Waals surface area contributed by atoms with Crippen LogP contribution < -0.4 is 4.74 Å². The fourth-order valence-electron chi connectivity index (χ4n) is 2.93. The van der Waals surface area contributed by atoms with E-state index in [-0.39, 0.29) is 11.8 Å². The average molecular weight is 1980 g/mol. The maximum absolute atomic E-state index is 11.0. The third-order valence-corrected chi connectivity index (χ3v) is 84.6. The van der Waals surface area contributed by atoms with Crippen molar-refractivity contribution in [3.05, 3.63) is 107 Å². The van der Waals surface area contributed by atoms with Gasteiger partial charge >= 0.3 is 6.01 Å². The normalized spacial score (nSPS) is 8.36. The maximum Gasteiger partial charge on any atom is 0.316 e. The molecule has 0 unspecified atom stereocenters. The average Bonchev–Trinajstić information content (AvgIpc) is 3.56. The monoisotopic (exact) mass is 1980 g/mol. The minimum Gasteiger partial charge on any atom is -0.459 e. The third-order valence-electron chi connectivity index (χ3n) is 5.95. The highest BCUT2D eigenvalue weighted by Crippen LogP contribution is 2.09. The van der Waals surface area contributed by atoms with Gasteiger partial charge in [-0.3, -0.25) is 0 Å². The summed E-state index contributed by atoms with van der Waals surface area (Å²) in [6.45, 7) is 16.2. The van der Waals surface area contributed by atoms with Crippen LogP contribution in [0.3, 0.4) is 0 Å². The molecular formula is C31H44N4O4S45. The molecule has 84 heavy (non-hydrogen) atoms. The first-order valence-electron chi connectivity index (χ1n) is 20.1. The van der Waals surface area contributed by atoms with E-state index in [1.165, 1.54) is 68.4 Å². The van der Waals surface area contributed by atoms with Gasteiger partial charge in [0.25, 0.3) is 0 Å². The minimum absolute atomic E-state index is 0.106. The van der Waals surface area contributed by atoms with Crippen LogP contribution in [0.25, 0.3) is 0 Å². The summed E-state index contributed by atoms with van der Waals surface area (Å²) in [4.78, 5) is 15.9. The molecule has 0 aliphatic heterocycles. The first kappa shape index (κ1) is 96.4. The van der Waals surface area contributed by atoms with E-state index in [9.17, 15) is 8.42 Å². The van der Waals surface area contributed by atoms with E-state index in [1.54, 1.807) is 288 Å². The quantitative estimate of drug-likeness (QED) is 0.226. The van der Waals surface area contributed by atoms with Crippen LogP contribution in [0, 0.1) is 27.7 Å². The van der Waals surface area contributed by atoms with Gasteiger partial charge in [0.15, 0.2) is 0 Å². The standard InChI is InChI=1S/C13H14N2O.C7H10N2O2S.C7H8O.2C2H6.S20.S19.S5/c1-10-8-14-13(15-11(10)2)16-9-12-6-4-3-5-7-12;1-5-4-8-7(9-6(5)2)12(3,10)11;8-6-7-4-2-1-3-5-7;2*1-2;1-3-5-7-9-11-13-15-17-19-20-18-16-14-12-10-8-6-4-2;1-3-5-7-9-11-13-15-17-19-18-16-14-12-10-8-6-4-2;1-3-5-4-2/h3-8H,9H2,1-2H3;4H,1-3H3;1-5,8H,6H2;2*1-2H3;;;. The first-order valence-corrected chi connectivity index (χ1v) is 76.6. The molecular weight excluding hydrogens is 1940 g/mol. The van der Waals surface area contributed by atoms with Gasteiger partial charge in [0.05, 0.1) is 6.61 Å². The fourth-order valence-corrected chi connectivity index (χ4v) is 91.3. The smallest absolute Gasteiger partial charge is 0.316 e. The Morgan fingerprint density at radius 1 is 0.393 bits per heavy atom. The molecule has 53 heteroatoms. The summed E-state index contributed by atoms with van der Waals surface area (Å²) in [7, 11) is 60.5. The van der Waals surface area contributed by atoms with Gasteiger partial charge < -0.3 is 9.84 Å². The van der Waals surface area contributed by atoms with Gasteiger partial charge in [0, 0.05) is 435 Å². The lowest BCUT2D eigenvalue weighted by atomic mass is 10.2. The van der Waals surface area contributed by atoms with Gasteiger partial charge in [-0.1, -0.05) is 88.4 Å². The van der Waals surface area contributed by atoms with Crippen LogP contribution >= 0.6 is 0 Å². The second-order valence-electron chi connectivity index (χ2n) is 10.6. The van der Waals surface area contributed by atoms with Crippen molar-refractivity contribution < 1.29 is 18.3 Å². The molecule has 2 aromatic heterocycles. The Hall–Kier alpha value is 5.99. The number of nitrogens with zero attached hydrogens (tertiary/aromatic N) is 4. The molecule has 4 rings (SSSR count). The van der Waals surface area contributed by atoms with E-state index in [0.29, 0.717) is 18.3 Å². The lowest BCUT2D eigenvalue weighted by Crippen LogP contribution is -2.05. The zero-order valence-electron chi connectivity index (χ0n) is 43.2. The molecule has 2 aromatic carbocycles. The molecule has 4 aromatic rings. The molecule has 482 valence electrons. The van der Waals surface area contributed by atoms with Crippen LogP contribution in [0.5, 0.6) is 6.01 Å². The van der Waals surface area contributed by atoms with Crippen molar-refractivity contribution in [2.24, 2.45) is 0 Å². The van der Waals surface area contributed by atoms with Crippen molar-refractivity contribution in [2.75, 3.05) is 6.26 Å². The predicted molar refractivity (Wildman–Crippen MR) is 486 cm³/mol. The van der Waals surface area contributed by atoms with E-state index in [0.717, 1.165) is 34.2 Å². The number of hydrogen-bond donors (Lipinski definition) is 1. The minimum atomic E-state index is -3.26. The number of aromatic nitrogens is 4. The Labute approximate surface area is 631 Å². The van der Waals surface area contributed by atoms with Crippen LogP contribution in [0.2, 0.25) is 0 Å². The number of aryl methyl sites for hydroxylation is 4. The molecule has 0 aliphatic carbocycles. The molecule has 8 nitrogen and oxygen atoms in total. The highest BCUT2D eigenvalue weighted by molar-refractivity contribution is 8.79. The molecule has 0 bridgehead atoms. The van der Waals surface area contributed by atoms with Gasteiger partial charge in [0.1, 0.15) is 6.61 Å². The van der Waals surface area contributed by atoms with Crippen LogP contribution in [0.4, 0.5) is 0 Å². The zero-order chi connectivity index (χ0) is 63.4. The third kappa shape index (κ3) is 72.3. The van der Waals surface area contributed by atoms with Gasteiger partial charge in [0.2, 0.25) is 15.0 Å². The number of ether oxygens (including phenoxy) is 1. The molecule has 1 N–H and O–H groups in total.